The van der Waals surface area contributed by atoms with Crippen molar-refractivity contribution < 1.29 is 0 Å². The van der Waals surface area contributed by atoms with E-state index < -0.39 is 0 Å². The van der Waals surface area contributed by atoms with Crippen LogP contribution in [0.2, 0.25) is 0 Å². The van der Waals surface area contributed by atoms with Gasteiger partial charge in [0.25, 0.3) is 0 Å². The number of piperazine rings is 1. The summed E-state index contributed by atoms with van der Waals surface area (Å²) in [5.74, 6) is 2.21. The fourth-order valence-electron chi connectivity index (χ4n) is 2.62. The van der Waals surface area contributed by atoms with E-state index in [2.05, 4.69) is 36.4 Å². The van der Waals surface area contributed by atoms with E-state index in [9.17, 15) is 0 Å². The van der Waals surface area contributed by atoms with Gasteiger partial charge in [0.05, 0.1) is 12.6 Å². The third-order valence-electron chi connectivity index (χ3n) is 3.78. The number of nitrogens with zero attached hydrogens (tertiary/aromatic N) is 5. The highest BCUT2D eigenvalue weighted by Crippen LogP contribution is 2.21. The average molecular weight is 260 g/mol. The molecule has 0 spiro atoms. The van der Waals surface area contributed by atoms with E-state index >= 15 is 0 Å². The molecule has 6 heteroatoms. The smallest absolute Gasteiger partial charge is 0.127 e. The molecule has 0 amide bonds. The molecule has 1 unspecified atom stereocenters. The van der Waals surface area contributed by atoms with Crippen LogP contribution >= 0.6 is 0 Å². The molecule has 0 saturated carbocycles. The highest BCUT2D eigenvalue weighted by atomic mass is 15.3. The minimum absolute atomic E-state index is 0.311. The first-order chi connectivity index (χ1) is 9.25. The maximum atomic E-state index is 4.50. The Morgan fingerprint density at radius 2 is 2.00 bits per heavy atom. The molecule has 2 aromatic heterocycles. The van der Waals surface area contributed by atoms with Gasteiger partial charge in [-0.15, -0.1) is 0 Å². The largest absolute Gasteiger partial charge is 0.337 e. The third-order valence-corrected chi connectivity index (χ3v) is 3.78. The van der Waals surface area contributed by atoms with Crippen LogP contribution in [0.15, 0.2) is 24.8 Å². The van der Waals surface area contributed by atoms with Crippen molar-refractivity contribution in [1.29, 1.82) is 0 Å². The summed E-state index contributed by atoms with van der Waals surface area (Å²) in [7, 11) is 4.09. The Bertz CT molecular complexity index is 543. The summed E-state index contributed by atoms with van der Waals surface area (Å²) in [6.45, 7) is 3.84. The molecule has 6 nitrogen and oxygen atoms in total. The summed E-state index contributed by atoms with van der Waals surface area (Å²) >= 11 is 0. The Hall–Kier alpha value is -1.66. The first kappa shape index (κ1) is 12.4. The summed E-state index contributed by atoms with van der Waals surface area (Å²) in [5, 5.41) is 3.45. The molecule has 0 aromatic carbocycles. The Morgan fingerprint density at radius 1 is 1.21 bits per heavy atom. The minimum Gasteiger partial charge on any atom is -0.337 e. The fraction of sp³-hybridized carbons (Fsp3) is 0.538. The van der Waals surface area contributed by atoms with Crippen molar-refractivity contribution in [2.75, 3.05) is 19.6 Å². The first-order valence-corrected chi connectivity index (χ1v) is 6.64. The van der Waals surface area contributed by atoms with Gasteiger partial charge >= 0.3 is 0 Å². The van der Waals surface area contributed by atoms with E-state index in [0.717, 1.165) is 37.8 Å². The molecular formula is C13H20N6. The highest BCUT2D eigenvalue weighted by Gasteiger charge is 2.27. The van der Waals surface area contributed by atoms with Gasteiger partial charge < -0.3 is 14.5 Å². The lowest BCUT2D eigenvalue weighted by Gasteiger charge is -2.35. The van der Waals surface area contributed by atoms with Gasteiger partial charge in [0, 0.05) is 58.5 Å². The number of aryl methyl sites for hydroxylation is 2. The van der Waals surface area contributed by atoms with Crippen molar-refractivity contribution in [2.24, 2.45) is 14.1 Å². The lowest BCUT2D eigenvalue weighted by atomic mass is 10.1. The van der Waals surface area contributed by atoms with Crippen LogP contribution in [0.4, 0.5) is 0 Å². The molecule has 1 fully saturated rings. The molecule has 1 aliphatic heterocycles. The quantitative estimate of drug-likeness (QED) is 0.862. The Kier molecular flexibility index (Phi) is 3.35. The summed E-state index contributed by atoms with van der Waals surface area (Å²) in [6.07, 6.45) is 7.71. The zero-order valence-electron chi connectivity index (χ0n) is 11.5. The maximum Gasteiger partial charge on any atom is 0.127 e. The third kappa shape index (κ3) is 2.41. The molecule has 0 aliphatic carbocycles. The number of hydrogen-bond acceptors (Lipinski definition) is 4. The standard InChI is InChI=1S/C13H20N6/c1-17-6-4-15-12(17)10-19-8-3-14-9-11(19)13-16-5-7-18(13)2/h4-7,11,14H,3,8-10H2,1-2H3. The Morgan fingerprint density at radius 3 is 2.68 bits per heavy atom. The molecule has 3 rings (SSSR count). The van der Waals surface area contributed by atoms with Crippen LogP contribution in [0, 0.1) is 0 Å². The molecule has 2 aromatic rings. The van der Waals surface area contributed by atoms with Gasteiger partial charge in [-0.3, -0.25) is 4.90 Å². The van der Waals surface area contributed by atoms with Crippen molar-refractivity contribution in [3.8, 4) is 0 Å². The predicted octanol–water partition coefficient (Wildman–Crippen LogP) is 0.300. The van der Waals surface area contributed by atoms with Gasteiger partial charge in [-0.05, 0) is 0 Å². The molecule has 1 aliphatic rings. The normalized spacial score (nSPS) is 20.8. The number of nitrogens with one attached hydrogen (secondary N) is 1. The van der Waals surface area contributed by atoms with Crippen LogP contribution in [-0.2, 0) is 20.6 Å². The lowest BCUT2D eigenvalue weighted by Crippen LogP contribution is -2.46. The molecule has 102 valence electrons. The SMILES string of the molecule is Cn1ccnc1CN1CCNCC1c1nccn1C. The Balaban J connectivity index is 1.82. The number of imidazole rings is 2. The van der Waals surface area contributed by atoms with E-state index in [1.807, 2.05) is 31.8 Å². The zero-order chi connectivity index (χ0) is 13.2. The maximum absolute atomic E-state index is 4.50. The fourth-order valence-corrected chi connectivity index (χ4v) is 2.62. The highest BCUT2D eigenvalue weighted by molar-refractivity contribution is 5.03. The second-order valence-corrected chi connectivity index (χ2v) is 5.04. The van der Waals surface area contributed by atoms with Crippen LogP contribution in [0.5, 0.6) is 0 Å². The number of aromatic nitrogens is 4. The summed E-state index contributed by atoms with van der Waals surface area (Å²) in [4.78, 5) is 11.4. The van der Waals surface area contributed by atoms with Crippen LogP contribution < -0.4 is 5.32 Å². The molecule has 1 atom stereocenters. The second-order valence-electron chi connectivity index (χ2n) is 5.04. The zero-order valence-corrected chi connectivity index (χ0v) is 11.5. The molecular weight excluding hydrogens is 240 g/mol. The molecule has 3 heterocycles. The molecule has 1 N–H and O–H groups in total. The van der Waals surface area contributed by atoms with E-state index in [1.165, 1.54) is 0 Å². The van der Waals surface area contributed by atoms with Gasteiger partial charge in [0.15, 0.2) is 0 Å². The van der Waals surface area contributed by atoms with Gasteiger partial charge in [-0.1, -0.05) is 0 Å². The topological polar surface area (TPSA) is 50.9 Å². The van der Waals surface area contributed by atoms with Crippen LogP contribution in [0.3, 0.4) is 0 Å². The van der Waals surface area contributed by atoms with Crippen molar-refractivity contribution in [2.45, 2.75) is 12.6 Å². The van der Waals surface area contributed by atoms with Crippen molar-refractivity contribution in [3.63, 3.8) is 0 Å². The van der Waals surface area contributed by atoms with E-state index in [1.54, 1.807) is 0 Å². The first-order valence-electron chi connectivity index (χ1n) is 6.64. The van der Waals surface area contributed by atoms with Gasteiger partial charge in [0.1, 0.15) is 11.6 Å². The van der Waals surface area contributed by atoms with E-state index in [0.29, 0.717) is 6.04 Å². The molecule has 0 radical (unpaired) electrons. The predicted molar refractivity (Wildman–Crippen MR) is 72.4 cm³/mol. The van der Waals surface area contributed by atoms with Crippen LogP contribution in [0.25, 0.3) is 0 Å². The van der Waals surface area contributed by atoms with Crippen molar-refractivity contribution >= 4 is 0 Å². The number of hydrogen-bond donors (Lipinski definition) is 1. The van der Waals surface area contributed by atoms with Crippen molar-refractivity contribution in [1.82, 2.24) is 29.3 Å². The second kappa shape index (κ2) is 5.14. The van der Waals surface area contributed by atoms with Gasteiger partial charge in [-0.2, -0.15) is 0 Å². The molecule has 1 saturated heterocycles. The number of rotatable bonds is 3. The Labute approximate surface area is 113 Å². The summed E-state index contributed by atoms with van der Waals surface area (Å²) < 4.78 is 4.18. The average Bonchev–Trinajstić information content (AvgIpc) is 3.00. The van der Waals surface area contributed by atoms with E-state index in [-0.39, 0.29) is 0 Å². The monoisotopic (exact) mass is 260 g/mol. The van der Waals surface area contributed by atoms with Crippen LogP contribution in [-0.4, -0.2) is 43.6 Å². The lowest BCUT2D eigenvalue weighted by molar-refractivity contribution is 0.140. The minimum atomic E-state index is 0.311. The molecule has 0 bridgehead atoms. The van der Waals surface area contributed by atoms with E-state index in [4.69, 9.17) is 0 Å². The van der Waals surface area contributed by atoms with Crippen LogP contribution in [0.1, 0.15) is 17.7 Å². The summed E-state index contributed by atoms with van der Waals surface area (Å²) in [6, 6.07) is 0.311. The van der Waals surface area contributed by atoms with Crippen molar-refractivity contribution in [3.05, 3.63) is 36.4 Å². The van der Waals surface area contributed by atoms with Gasteiger partial charge in [-0.25, -0.2) is 9.97 Å². The summed E-state index contributed by atoms with van der Waals surface area (Å²) in [5.41, 5.74) is 0. The van der Waals surface area contributed by atoms with Gasteiger partial charge in [0.2, 0.25) is 0 Å². The molecule has 19 heavy (non-hydrogen) atoms.